The molecule has 1 aromatic rings. The van der Waals surface area contributed by atoms with Crippen molar-refractivity contribution in [3.63, 3.8) is 0 Å². The normalized spacial score (nSPS) is 19.7. The maximum Gasteiger partial charge on any atom is 0.253 e. The summed E-state index contributed by atoms with van der Waals surface area (Å²) in [7, 11) is 3.92. The molecule has 4 heteroatoms. The van der Waals surface area contributed by atoms with E-state index in [4.69, 9.17) is 0 Å². The molecule has 3 nitrogen and oxygen atoms in total. The van der Waals surface area contributed by atoms with Crippen molar-refractivity contribution in [2.75, 3.05) is 33.7 Å². The van der Waals surface area contributed by atoms with Crippen molar-refractivity contribution in [3.05, 3.63) is 35.1 Å². The van der Waals surface area contributed by atoms with E-state index < -0.39 is 0 Å². The van der Waals surface area contributed by atoms with Crippen molar-refractivity contribution in [3.8, 4) is 0 Å². The Labute approximate surface area is 114 Å². The molecule has 0 aliphatic carbocycles. The molecule has 1 heterocycles. The second-order valence-corrected chi connectivity index (χ2v) is 5.57. The van der Waals surface area contributed by atoms with E-state index in [2.05, 4.69) is 11.9 Å². The van der Waals surface area contributed by atoms with Gasteiger partial charge in [0, 0.05) is 25.7 Å². The predicted molar refractivity (Wildman–Crippen MR) is 73.7 cm³/mol. The zero-order valence-electron chi connectivity index (χ0n) is 11.8. The second-order valence-electron chi connectivity index (χ2n) is 5.57. The lowest BCUT2D eigenvalue weighted by molar-refractivity contribution is 0.0774. The van der Waals surface area contributed by atoms with Crippen LogP contribution in [0.15, 0.2) is 18.2 Å². The van der Waals surface area contributed by atoms with Gasteiger partial charge in [-0.1, -0.05) is 0 Å². The van der Waals surface area contributed by atoms with E-state index in [0.717, 1.165) is 26.1 Å². The Balaban J connectivity index is 2.00. The molecule has 2 rings (SSSR count). The van der Waals surface area contributed by atoms with Gasteiger partial charge in [-0.15, -0.1) is 0 Å². The number of likely N-dealkylation sites (tertiary alicyclic amines) is 1. The number of nitrogens with zero attached hydrogens (tertiary/aromatic N) is 2. The van der Waals surface area contributed by atoms with Crippen molar-refractivity contribution in [1.29, 1.82) is 0 Å². The molecule has 104 valence electrons. The minimum absolute atomic E-state index is 0.0300. The highest BCUT2D eigenvalue weighted by Crippen LogP contribution is 2.17. The Morgan fingerprint density at radius 3 is 2.84 bits per heavy atom. The van der Waals surface area contributed by atoms with E-state index in [-0.39, 0.29) is 11.7 Å². The van der Waals surface area contributed by atoms with Gasteiger partial charge in [0.05, 0.1) is 0 Å². The molecular weight excluding hydrogens is 243 g/mol. The number of halogens is 1. The van der Waals surface area contributed by atoms with Crippen LogP contribution in [0.5, 0.6) is 0 Å². The minimum atomic E-state index is -0.267. The number of carbonyl (C=O) groups is 1. The lowest BCUT2D eigenvalue weighted by Gasteiger charge is -2.21. The van der Waals surface area contributed by atoms with E-state index in [1.807, 2.05) is 7.05 Å². The summed E-state index contributed by atoms with van der Waals surface area (Å²) in [6.07, 6.45) is 1.14. The lowest BCUT2D eigenvalue weighted by atomic mass is 10.1. The fourth-order valence-electron chi connectivity index (χ4n) is 2.64. The largest absolute Gasteiger partial charge is 0.341 e. The molecule has 1 amide bonds. The summed E-state index contributed by atoms with van der Waals surface area (Å²) >= 11 is 0. The quantitative estimate of drug-likeness (QED) is 0.835. The first kappa shape index (κ1) is 14.0. The van der Waals surface area contributed by atoms with Crippen LogP contribution in [0.1, 0.15) is 22.3 Å². The Morgan fingerprint density at radius 1 is 1.53 bits per heavy atom. The first-order valence-corrected chi connectivity index (χ1v) is 6.67. The van der Waals surface area contributed by atoms with Crippen LogP contribution < -0.4 is 0 Å². The van der Waals surface area contributed by atoms with Crippen LogP contribution in [0.2, 0.25) is 0 Å². The third-order valence-electron chi connectivity index (χ3n) is 3.77. The molecule has 1 atom stereocenters. The predicted octanol–water partition coefficient (Wildman–Crippen LogP) is 2.16. The highest BCUT2D eigenvalue weighted by molar-refractivity contribution is 5.94. The highest BCUT2D eigenvalue weighted by Gasteiger charge is 2.23. The smallest absolute Gasteiger partial charge is 0.253 e. The topological polar surface area (TPSA) is 23.6 Å². The van der Waals surface area contributed by atoms with Crippen molar-refractivity contribution < 1.29 is 9.18 Å². The van der Waals surface area contributed by atoms with E-state index in [0.29, 0.717) is 17.0 Å². The zero-order chi connectivity index (χ0) is 14.0. The molecule has 0 saturated carbocycles. The number of hydrogen-bond acceptors (Lipinski definition) is 2. The van der Waals surface area contributed by atoms with Gasteiger partial charge in [-0.3, -0.25) is 4.79 Å². The van der Waals surface area contributed by atoms with Gasteiger partial charge in [-0.25, -0.2) is 4.39 Å². The summed E-state index contributed by atoms with van der Waals surface area (Å²) < 4.78 is 13.2. The summed E-state index contributed by atoms with van der Waals surface area (Å²) in [4.78, 5) is 16.3. The van der Waals surface area contributed by atoms with Gasteiger partial charge in [-0.05, 0) is 56.6 Å². The first-order valence-electron chi connectivity index (χ1n) is 6.67. The molecule has 1 saturated heterocycles. The maximum absolute atomic E-state index is 13.2. The molecule has 1 unspecified atom stereocenters. The van der Waals surface area contributed by atoms with Crippen LogP contribution in [0.4, 0.5) is 4.39 Å². The Morgan fingerprint density at radius 2 is 2.26 bits per heavy atom. The average Bonchev–Trinajstić information content (AvgIpc) is 2.77. The van der Waals surface area contributed by atoms with Crippen molar-refractivity contribution in [2.24, 2.45) is 5.92 Å². The number of benzene rings is 1. The summed E-state index contributed by atoms with van der Waals surface area (Å²) in [5.41, 5.74) is 1.08. The van der Waals surface area contributed by atoms with E-state index in [9.17, 15) is 9.18 Å². The number of hydrogen-bond donors (Lipinski definition) is 0. The van der Waals surface area contributed by atoms with Crippen LogP contribution in [0, 0.1) is 18.7 Å². The second kappa shape index (κ2) is 5.70. The van der Waals surface area contributed by atoms with E-state index in [1.54, 1.807) is 24.0 Å². The number of rotatable bonds is 3. The Hall–Kier alpha value is -1.42. The fourth-order valence-corrected chi connectivity index (χ4v) is 2.64. The molecule has 1 aliphatic rings. The maximum atomic E-state index is 13.2. The molecule has 0 aromatic heterocycles. The molecule has 0 spiro atoms. The summed E-state index contributed by atoms with van der Waals surface area (Å²) in [5, 5.41) is 0. The molecular formula is C15H21FN2O. The van der Waals surface area contributed by atoms with Crippen LogP contribution >= 0.6 is 0 Å². The summed E-state index contributed by atoms with van der Waals surface area (Å²) in [6.45, 7) is 4.58. The summed E-state index contributed by atoms with van der Waals surface area (Å²) in [5.74, 6) is 0.245. The first-order chi connectivity index (χ1) is 8.97. The zero-order valence-corrected chi connectivity index (χ0v) is 11.8. The molecule has 19 heavy (non-hydrogen) atoms. The Bertz CT molecular complexity index is 475. The van der Waals surface area contributed by atoms with Gasteiger partial charge in [0.1, 0.15) is 5.82 Å². The van der Waals surface area contributed by atoms with E-state index in [1.165, 1.54) is 6.07 Å². The van der Waals surface area contributed by atoms with Gasteiger partial charge >= 0.3 is 0 Å². The van der Waals surface area contributed by atoms with Crippen molar-refractivity contribution in [2.45, 2.75) is 13.3 Å². The fraction of sp³-hybridized carbons (Fsp3) is 0.533. The van der Waals surface area contributed by atoms with Gasteiger partial charge in [0.25, 0.3) is 5.91 Å². The highest BCUT2D eigenvalue weighted by atomic mass is 19.1. The monoisotopic (exact) mass is 264 g/mol. The van der Waals surface area contributed by atoms with Crippen LogP contribution in [-0.2, 0) is 0 Å². The minimum Gasteiger partial charge on any atom is -0.341 e. The number of carbonyl (C=O) groups excluding carboxylic acids is 1. The number of aryl methyl sites for hydroxylation is 1. The molecule has 1 aliphatic heterocycles. The number of amides is 1. The van der Waals surface area contributed by atoms with E-state index >= 15 is 0 Å². The molecule has 1 fully saturated rings. The molecule has 0 radical (unpaired) electrons. The third-order valence-corrected chi connectivity index (χ3v) is 3.77. The van der Waals surface area contributed by atoms with Crippen LogP contribution in [0.25, 0.3) is 0 Å². The third kappa shape index (κ3) is 3.32. The summed E-state index contributed by atoms with van der Waals surface area (Å²) in [6, 6.07) is 4.54. The Kier molecular flexibility index (Phi) is 4.20. The van der Waals surface area contributed by atoms with Crippen LogP contribution in [0.3, 0.4) is 0 Å². The lowest BCUT2D eigenvalue weighted by Crippen LogP contribution is -2.32. The van der Waals surface area contributed by atoms with Gasteiger partial charge in [-0.2, -0.15) is 0 Å². The van der Waals surface area contributed by atoms with Crippen molar-refractivity contribution in [1.82, 2.24) is 9.80 Å². The van der Waals surface area contributed by atoms with Gasteiger partial charge in [0.2, 0.25) is 0 Å². The average molecular weight is 264 g/mol. The molecule has 0 bridgehead atoms. The standard InChI is InChI=1S/C15H21FN2O/c1-11-8-13(4-5-14(11)16)15(19)18(3)10-12-6-7-17(2)9-12/h4-5,8,12H,6-7,9-10H2,1-3H3. The van der Waals surface area contributed by atoms with Crippen LogP contribution in [-0.4, -0.2) is 49.4 Å². The van der Waals surface area contributed by atoms with Gasteiger partial charge in [0.15, 0.2) is 0 Å². The van der Waals surface area contributed by atoms with Crippen molar-refractivity contribution >= 4 is 5.91 Å². The molecule has 1 aromatic carbocycles. The molecule has 0 N–H and O–H groups in total. The SMILES string of the molecule is Cc1cc(C(=O)N(C)CC2CCN(C)C2)ccc1F. The van der Waals surface area contributed by atoms with Gasteiger partial charge < -0.3 is 9.80 Å².